The number of aromatic nitrogens is 2. The minimum atomic E-state index is -4.97. The smallest absolute Gasteiger partial charge is 0.507 e. The monoisotopic (exact) mass is 1020 g/mol. The number of nitrogens with zero attached hydrogens (tertiary/aromatic N) is 5. The Balaban J connectivity index is 0.981. The number of imidazole rings is 1. The van der Waals surface area contributed by atoms with E-state index in [1.165, 1.54) is 40.2 Å². The van der Waals surface area contributed by atoms with Crippen LogP contribution in [0.1, 0.15) is 65.6 Å². The number of aromatic hydroxyl groups is 1. The van der Waals surface area contributed by atoms with Gasteiger partial charge < -0.3 is 29.3 Å². The summed E-state index contributed by atoms with van der Waals surface area (Å²) >= 11 is 12.9. The molecule has 0 unspecified atom stereocenters. The fourth-order valence-electron chi connectivity index (χ4n) is 9.91. The number of alkyl halides is 2. The summed E-state index contributed by atoms with van der Waals surface area (Å²) in [5, 5.41) is 16.5. The molecule has 0 aliphatic carbocycles. The molecule has 71 heavy (non-hydrogen) atoms. The molecule has 6 aromatic rings. The molecular formula is C52H49Cl2N6O10P. The van der Waals surface area contributed by atoms with Crippen molar-refractivity contribution >= 4 is 117 Å². The average Bonchev–Trinajstić information content (AvgIpc) is 4.11. The van der Waals surface area contributed by atoms with E-state index in [1.54, 1.807) is 53.5 Å². The molecule has 1 aromatic heterocycles. The van der Waals surface area contributed by atoms with Crippen molar-refractivity contribution in [1.29, 1.82) is 0 Å². The van der Waals surface area contributed by atoms with Crippen LogP contribution in [0.15, 0.2) is 97.1 Å². The molecule has 19 heteroatoms. The van der Waals surface area contributed by atoms with E-state index in [4.69, 9.17) is 32.7 Å². The van der Waals surface area contributed by atoms with Gasteiger partial charge in [-0.05, 0) is 46.9 Å². The molecule has 3 aliphatic heterocycles. The van der Waals surface area contributed by atoms with Crippen molar-refractivity contribution in [3.63, 3.8) is 0 Å². The van der Waals surface area contributed by atoms with Crippen LogP contribution >= 0.6 is 31.0 Å². The van der Waals surface area contributed by atoms with Crippen LogP contribution in [0.2, 0.25) is 0 Å². The predicted octanol–water partition coefficient (Wildman–Crippen LogP) is 7.97. The number of nitrogens with one attached hydrogen (secondary N) is 1. The van der Waals surface area contributed by atoms with Crippen LogP contribution < -0.4 is 19.6 Å². The van der Waals surface area contributed by atoms with Gasteiger partial charge in [0.1, 0.15) is 17.3 Å². The fourth-order valence-corrected chi connectivity index (χ4v) is 10.8. The molecule has 366 valence electrons. The van der Waals surface area contributed by atoms with E-state index in [9.17, 15) is 43.4 Å². The van der Waals surface area contributed by atoms with Gasteiger partial charge in [-0.2, -0.15) is 0 Å². The quantitative estimate of drug-likeness (QED) is 0.0226. The van der Waals surface area contributed by atoms with Gasteiger partial charge in [0.15, 0.2) is 0 Å². The molecule has 0 radical (unpaired) electrons. The van der Waals surface area contributed by atoms with Crippen LogP contribution in [-0.4, -0.2) is 96.8 Å². The van der Waals surface area contributed by atoms with Gasteiger partial charge in [0.25, 0.3) is 23.6 Å². The Morgan fingerprint density at radius 1 is 0.789 bits per heavy atom. The maximum absolute atomic E-state index is 14.2. The van der Waals surface area contributed by atoms with E-state index < -0.39 is 13.7 Å². The lowest BCUT2D eigenvalue weighted by Gasteiger charge is -2.18. The summed E-state index contributed by atoms with van der Waals surface area (Å²) in [5.41, 5.74) is 5.06. The molecule has 0 saturated heterocycles. The molecule has 0 saturated carbocycles. The van der Waals surface area contributed by atoms with Crippen LogP contribution in [-0.2, 0) is 42.0 Å². The molecule has 5 aromatic carbocycles. The van der Waals surface area contributed by atoms with E-state index in [0.717, 1.165) is 16.5 Å². The van der Waals surface area contributed by atoms with E-state index in [1.807, 2.05) is 41.9 Å². The average molecular weight is 1020 g/mol. The zero-order valence-electron chi connectivity index (χ0n) is 38.5. The predicted molar refractivity (Wildman–Crippen MR) is 274 cm³/mol. The molecule has 5 amide bonds. The van der Waals surface area contributed by atoms with Crippen molar-refractivity contribution in [3.8, 4) is 11.5 Å². The number of aryl methyl sites for hydroxylation is 1. The van der Waals surface area contributed by atoms with Gasteiger partial charge in [-0.25, -0.2) is 9.55 Å². The number of unbranched alkanes of at least 4 members (excludes halogenated alkanes) is 2. The Morgan fingerprint density at radius 3 is 1.97 bits per heavy atom. The number of halogens is 2. The lowest BCUT2D eigenvalue weighted by molar-refractivity contribution is -0.137. The first kappa shape index (κ1) is 49.2. The minimum absolute atomic E-state index is 0.0562. The number of hydrogen-bond acceptors (Lipinski definition) is 9. The molecular weight excluding hydrogens is 970 g/mol. The number of phenolic OH excluding ortho intramolecular Hbond substituents is 1. The molecule has 4 N–H and O–H groups in total. The number of fused-ring (bicyclic) bond motifs is 7. The van der Waals surface area contributed by atoms with E-state index in [0.29, 0.717) is 94.3 Å². The number of amides is 5. The lowest BCUT2D eigenvalue weighted by Crippen LogP contribution is -2.30. The first-order valence-electron chi connectivity index (χ1n) is 23.1. The molecule has 2 atom stereocenters. The molecule has 9 rings (SSSR count). The van der Waals surface area contributed by atoms with Crippen molar-refractivity contribution in [2.75, 3.05) is 47.7 Å². The first-order valence-corrected chi connectivity index (χ1v) is 25.7. The molecule has 3 aliphatic rings. The molecule has 0 spiro atoms. The normalized spacial score (nSPS) is 16.7. The number of imide groups is 1. The SMILES string of the molecule is Cn1c(CCNC(=O)CCCCCN2C(=O)C=CC2=O)nc2c(/C=C/C(=O)N3C[C@@H](CCl)c4c3cc(O)c3ccccc43)ccc(/C=C/C(=O)N3C[C@@H](CCl)c4c3cc(OP(=O)(O)O)c3ccccc43)c21. The summed E-state index contributed by atoms with van der Waals surface area (Å²) in [6.07, 6.45) is 11.1. The number of benzene rings is 5. The summed E-state index contributed by atoms with van der Waals surface area (Å²) in [4.78, 5) is 93.7. The highest BCUT2D eigenvalue weighted by Crippen LogP contribution is 2.49. The summed E-state index contributed by atoms with van der Waals surface area (Å²) < 4.78 is 19.0. The highest BCUT2D eigenvalue weighted by Gasteiger charge is 2.36. The third kappa shape index (κ3) is 9.95. The Hall–Kier alpha value is -6.81. The largest absolute Gasteiger partial charge is 0.524 e. The van der Waals surface area contributed by atoms with Gasteiger partial charge >= 0.3 is 7.82 Å². The summed E-state index contributed by atoms with van der Waals surface area (Å²) in [7, 11) is -3.14. The van der Waals surface area contributed by atoms with Gasteiger partial charge in [0.05, 0.1) is 22.4 Å². The van der Waals surface area contributed by atoms with Crippen molar-refractivity contribution in [3.05, 3.63) is 125 Å². The second-order valence-electron chi connectivity index (χ2n) is 17.7. The summed E-state index contributed by atoms with van der Waals surface area (Å²) in [6.45, 7) is 1.10. The van der Waals surface area contributed by atoms with Crippen molar-refractivity contribution in [2.24, 2.45) is 7.05 Å². The highest BCUT2D eigenvalue weighted by molar-refractivity contribution is 7.46. The Kier molecular flexibility index (Phi) is 14.2. The zero-order valence-corrected chi connectivity index (χ0v) is 40.9. The first-order chi connectivity index (χ1) is 34.1. The minimum Gasteiger partial charge on any atom is -0.507 e. The van der Waals surface area contributed by atoms with Gasteiger partial charge in [-0.3, -0.25) is 38.7 Å². The van der Waals surface area contributed by atoms with Crippen molar-refractivity contribution in [2.45, 2.75) is 43.9 Å². The summed E-state index contributed by atoms with van der Waals surface area (Å²) in [5.74, 6) is -0.944. The maximum atomic E-state index is 14.2. The van der Waals surface area contributed by atoms with E-state index in [-0.39, 0.29) is 78.2 Å². The van der Waals surface area contributed by atoms with Crippen LogP contribution in [0.4, 0.5) is 11.4 Å². The molecule has 0 fully saturated rings. The number of carbonyl (C=O) groups is 5. The Bertz CT molecular complexity index is 3290. The van der Waals surface area contributed by atoms with Crippen LogP contribution in [0.25, 0.3) is 44.7 Å². The fraction of sp³-hybridized carbons (Fsp3) is 0.269. The third-order valence-electron chi connectivity index (χ3n) is 13.2. The van der Waals surface area contributed by atoms with Crippen LogP contribution in [0.3, 0.4) is 0 Å². The Labute approximate surface area is 418 Å². The van der Waals surface area contributed by atoms with E-state index in [2.05, 4.69) is 5.32 Å². The molecule has 16 nitrogen and oxygen atoms in total. The number of phosphoric ester groups is 1. The number of hydrogen-bond donors (Lipinski definition) is 4. The van der Waals surface area contributed by atoms with Crippen molar-refractivity contribution in [1.82, 2.24) is 19.8 Å². The van der Waals surface area contributed by atoms with Gasteiger partial charge in [-0.1, -0.05) is 67.1 Å². The molecule has 4 heterocycles. The third-order valence-corrected chi connectivity index (χ3v) is 14.4. The number of carbonyl (C=O) groups excluding carboxylic acids is 5. The number of anilines is 2. The summed E-state index contributed by atoms with van der Waals surface area (Å²) in [6, 6.07) is 21.2. The van der Waals surface area contributed by atoms with Gasteiger partial charge in [-0.15, -0.1) is 23.2 Å². The van der Waals surface area contributed by atoms with E-state index >= 15 is 0 Å². The second kappa shape index (κ2) is 20.5. The van der Waals surface area contributed by atoms with Crippen molar-refractivity contribution < 1.29 is 48.0 Å². The van der Waals surface area contributed by atoms with Gasteiger partial charge in [0.2, 0.25) is 5.91 Å². The Morgan fingerprint density at radius 2 is 1.35 bits per heavy atom. The number of phenols is 1. The van der Waals surface area contributed by atoms with Crippen LogP contribution in [0.5, 0.6) is 11.5 Å². The second-order valence-corrected chi connectivity index (χ2v) is 19.5. The number of phosphoric acid groups is 1. The van der Waals surface area contributed by atoms with Gasteiger partial charge in [0, 0.05) is 128 Å². The van der Waals surface area contributed by atoms with Crippen LogP contribution in [0, 0.1) is 0 Å². The zero-order chi connectivity index (χ0) is 50.1. The lowest BCUT2D eigenvalue weighted by atomic mass is 9.95. The topological polar surface area (TPSA) is 212 Å². The maximum Gasteiger partial charge on any atom is 0.524 e. The molecule has 0 bridgehead atoms. The highest BCUT2D eigenvalue weighted by atomic mass is 35.5. The number of rotatable bonds is 17. The standard InChI is InChI=1S/C52H49Cl2N6O10P/c1-57-43(22-23-55-44(62)13-3-2-8-24-58-45(63)20-21-46(58)64)56-51-31(16-18-47(65)59-29-33(27-53)49-37-11-6-4-9-35(37)41(61)25-39(49)59)14-15-32(52(51)57)17-19-48(66)60-30-34(28-54)50-38-12-7-5-10-36(38)42(26-40(50)60)70-71(67,68)69/h4-7,9-12,14-21,25-26,33-34,61H,2-3,8,13,22-24,27-30H2,1H3,(H,55,62)(H2,67,68,69)/b18-16+,19-17+/t33-,34-/m1/s1.